The molecule has 1 aromatic heterocycles. The number of para-hydroxylation sites is 1. The topological polar surface area (TPSA) is 54.0 Å². The number of hydrogen-bond donors (Lipinski definition) is 2. The predicted octanol–water partition coefficient (Wildman–Crippen LogP) is 1.84. The van der Waals surface area contributed by atoms with Crippen LogP contribution in [0.25, 0.3) is 10.2 Å². The van der Waals surface area contributed by atoms with Crippen LogP contribution in [0.2, 0.25) is 0 Å². The third-order valence-electron chi connectivity index (χ3n) is 2.88. The van der Waals surface area contributed by atoms with Crippen molar-refractivity contribution in [3.05, 3.63) is 24.3 Å². The number of amides is 1. The van der Waals surface area contributed by atoms with Gasteiger partial charge in [0, 0.05) is 6.42 Å². The van der Waals surface area contributed by atoms with E-state index < -0.39 is 0 Å². The molecule has 0 bridgehead atoms. The molecule has 0 radical (unpaired) electrons. The Hall–Kier alpha value is -1.46. The molecule has 2 heterocycles. The lowest BCUT2D eigenvalue weighted by molar-refractivity contribution is -0.117. The molecule has 0 saturated carbocycles. The molecule has 1 fully saturated rings. The van der Waals surface area contributed by atoms with E-state index in [0.29, 0.717) is 17.5 Å². The van der Waals surface area contributed by atoms with Crippen LogP contribution in [0.4, 0.5) is 5.13 Å². The van der Waals surface area contributed by atoms with E-state index in [9.17, 15) is 4.79 Å². The van der Waals surface area contributed by atoms with Gasteiger partial charge in [0.25, 0.3) is 0 Å². The fourth-order valence-corrected chi connectivity index (χ4v) is 2.73. The molecule has 4 nitrogen and oxygen atoms in total. The molecule has 0 unspecified atom stereocenters. The molecule has 1 aromatic carbocycles. The number of carbonyl (C=O) groups excluding carboxylic acids is 1. The van der Waals surface area contributed by atoms with Gasteiger partial charge in [0.2, 0.25) is 5.91 Å². The molecular weight excluding hydrogens is 234 g/mol. The molecule has 0 atom stereocenters. The van der Waals surface area contributed by atoms with Crippen molar-refractivity contribution in [3.63, 3.8) is 0 Å². The summed E-state index contributed by atoms with van der Waals surface area (Å²) in [6.07, 6.45) is 0.586. The van der Waals surface area contributed by atoms with Gasteiger partial charge in [0.1, 0.15) is 0 Å². The number of rotatable bonds is 3. The second-order valence-corrected chi connectivity index (χ2v) is 5.29. The summed E-state index contributed by atoms with van der Waals surface area (Å²) in [5.41, 5.74) is 0.943. The second kappa shape index (κ2) is 4.43. The van der Waals surface area contributed by atoms with E-state index >= 15 is 0 Å². The van der Waals surface area contributed by atoms with E-state index in [4.69, 9.17) is 0 Å². The minimum absolute atomic E-state index is 0.0653. The van der Waals surface area contributed by atoms with Gasteiger partial charge in [0.15, 0.2) is 5.13 Å². The normalized spacial score (nSPS) is 15.8. The average molecular weight is 247 g/mol. The van der Waals surface area contributed by atoms with Gasteiger partial charge in [-0.3, -0.25) is 4.79 Å². The molecule has 17 heavy (non-hydrogen) atoms. The summed E-state index contributed by atoms with van der Waals surface area (Å²) in [4.78, 5) is 16.1. The van der Waals surface area contributed by atoms with Crippen molar-refractivity contribution < 1.29 is 4.79 Å². The number of anilines is 1. The summed E-state index contributed by atoms with van der Waals surface area (Å²) < 4.78 is 1.10. The van der Waals surface area contributed by atoms with E-state index in [-0.39, 0.29) is 5.91 Å². The third kappa shape index (κ3) is 2.30. The van der Waals surface area contributed by atoms with Crippen molar-refractivity contribution in [2.45, 2.75) is 6.42 Å². The van der Waals surface area contributed by atoms with Crippen molar-refractivity contribution in [2.75, 3.05) is 18.4 Å². The van der Waals surface area contributed by atoms with Crippen LogP contribution in [0.15, 0.2) is 24.3 Å². The van der Waals surface area contributed by atoms with Gasteiger partial charge >= 0.3 is 0 Å². The largest absolute Gasteiger partial charge is 0.316 e. The van der Waals surface area contributed by atoms with Crippen LogP contribution in [0.1, 0.15) is 6.42 Å². The molecule has 1 saturated heterocycles. The SMILES string of the molecule is O=C(CC1CNC1)Nc1nc2ccccc2s1. The Morgan fingerprint density at radius 1 is 1.47 bits per heavy atom. The monoisotopic (exact) mass is 247 g/mol. The Morgan fingerprint density at radius 3 is 3.00 bits per heavy atom. The predicted molar refractivity (Wildman–Crippen MR) is 69.2 cm³/mol. The first-order valence-corrected chi connectivity index (χ1v) is 6.49. The zero-order chi connectivity index (χ0) is 11.7. The number of carbonyl (C=O) groups is 1. The highest BCUT2D eigenvalue weighted by molar-refractivity contribution is 7.22. The minimum atomic E-state index is 0.0653. The van der Waals surface area contributed by atoms with Crippen molar-refractivity contribution in [1.82, 2.24) is 10.3 Å². The summed E-state index contributed by atoms with van der Waals surface area (Å²) in [6.45, 7) is 1.90. The lowest BCUT2D eigenvalue weighted by Crippen LogP contribution is -2.43. The fraction of sp³-hybridized carbons (Fsp3) is 0.333. The first kappa shape index (κ1) is 10.7. The van der Waals surface area contributed by atoms with E-state index in [2.05, 4.69) is 15.6 Å². The molecule has 3 rings (SSSR count). The van der Waals surface area contributed by atoms with Gasteiger partial charge in [-0.2, -0.15) is 0 Å². The number of thiazole rings is 1. The first-order valence-electron chi connectivity index (χ1n) is 5.67. The molecule has 5 heteroatoms. The van der Waals surface area contributed by atoms with Crippen molar-refractivity contribution in [1.29, 1.82) is 0 Å². The maximum atomic E-state index is 11.7. The number of hydrogen-bond acceptors (Lipinski definition) is 4. The summed E-state index contributed by atoms with van der Waals surface area (Å²) in [7, 11) is 0. The van der Waals surface area contributed by atoms with Gasteiger partial charge < -0.3 is 10.6 Å². The summed E-state index contributed by atoms with van der Waals surface area (Å²) in [5, 5.41) is 6.73. The number of aromatic nitrogens is 1. The molecule has 2 N–H and O–H groups in total. The van der Waals surface area contributed by atoms with Gasteiger partial charge in [-0.25, -0.2) is 4.98 Å². The Balaban J connectivity index is 1.69. The van der Waals surface area contributed by atoms with Gasteiger partial charge in [-0.1, -0.05) is 23.5 Å². The van der Waals surface area contributed by atoms with Crippen LogP contribution in [0.3, 0.4) is 0 Å². The highest BCUT2D eigenvalue weighted by Gasteiger charge is 2.20. The fourth-order valence-electron chi connectivity index (χ4n) is 1.85. The second-order valence-electron chi connectivity index (χ2n) is 4.26. The lowest BCUT2D eigenvalue weighted by atomic mass is 9.99. The molecule has 1 aliphatic rings. The van der Waals surface area contributed by atoms with Gasteiger partial charge in [0.05, 0.1) is 10.2 Å². The smallest absolute Gasteiger partial charge is 0.226 e. The first-order chi connectivity index (χ1) is 8.31. The van der Waals surface area contributed by atoms with Crippen molar-refractivity contribution in [3.8, 4) is 0 Å². The summed E-state index contributed by atoms with van der Waals surface area (Å²) in [6, 6.07) is 7.90. The van der Waals surface area contributed by atoms with Crippen LogP contribution >= 0.6 is 11.3 Å². The van der Waals surface area contributed by atoms with E-state index in [1.54, 1.807) is 0 Å². The molecule has 1 aliphatic heterocycles. The quantitative estimate of drug-likeness (QED) is 0.870. The standard InChI is InChI=1S/C12H13N3OS/c16-11(5-8-6-13-7-8)15-12-14-9-3-1-2-4-10(9)17-12/h1-4,8,13H,5-7H2,(H,14,15,16). The number of benzene rings is 1. The van der Waals surface area contributed by atoms with Crippen molar-refractivity contribution in [2.24, 2.45) is 5.92 Å². The molecule has 0 spiro atoms. The molecular formula is C12H13N3OS. The number of nitrogens with zero attached hydrogens (tertiary/aromatic N) is 1. The maximum Gasteiger partial charge on any atom is 0.226 e. The lowest BCUT2D eigenvalue weighted by Gasteiger charge is -2.25. The van der Waals surface area contributed by atoms with Gasteiger partial charge in [-0.15, -0.1) is 0 Å². The average Bonchev–Trinajstić information content (AvgIpc) is 2.65. The zero-order valence-corrected chi connectivity index (χ0v) is 10.1. The van der Waals surface area contributed by atoms with Crippen LogP contribution in [-0.4, -0.2) is 24.0 Å². The van der Waals surface area contributed by atoms with Crippen LogP contribution in [-0.2, 0) is 4.79 Å². The van der Waals surface area contributed by atoms with E-state index in [1.807, 2.05) is 24.3 Å². The number of fused-ring (bicyclic) bond motifs is 1. The molecule has 88 valence electrons. The highest BCUT2D eigenvalue weighted by atomic mass is 32.1. The maximum absolute atomic E-state index is 11.7. The Labute approximate surface area is 103 Å². The number of nitrogens with one attached hydrogen (secondary N) is 2. The van der Waals surface area contributed by atoms with Crippen LogP contribution in [0, 0.1) is 5.92 Å². The molecule has 2 aromatic rings. The zero-order valence-electron chi connectivity index (χ0n) is 9.27. The molecule has 0 aliphatic carbocycles. The third-order valence-corrected chi connectivity index (χ3v) is 3.83. The van der Waals surface area contributed by atoms with Crippen molar-refractivity contribution >= 4 is 32.6 Å². The Bertz CT molecular complexity index is 514. The summed E-state index contributed by atoms with van der Waals surface area (Å²) >= 11 is 1.52. The minimum Gasteiger partial charge on any atom is -0.316 e. The van der Waals surface area contributed by atoms with Crippen LogP contribution in [0.5, 0.6) is 0 Å². The van der Waals surface area contributed by atoms with E-state index in [1.165, 1.54) is 11.3 Å². The Morgan fingerprint density at radius 2 is 2.29 bits per heavy atom. The van der Waals surface area contributed by atoms with E-state index in [0.717, 1.165) is 23.3 Å². The molecule has 1 amide bonds. The highest BCUT2D eigenvalue weighted by Crippen LogP contribution is 2.25. The Kier molecular flexibility index (Phi) is 2.78. The van der Waals surface area contributed by atoms with Crippen LogP contribution < -0.4 is 10.6 Å². The van der Waals surface area contributed by atoms with Gasteiger partial charge in [-0.05, 0) is 31.1 Å². The summed E-state index contributed by atoms with van der Waals surface area (Å²) in [5.74, 6) is 0.555.